The number of benzene rings is 1. The van der Waals surface area contributed by atoms with Crippen molar-refractivity contribution in [2.24, 2.45) is 0 Å². The Morgan fingerprint density at radius 3 is 2.60 bits per heavy atom. The molecule has 0 aromatic heterocycles. The lowest BCUT2D eigenvalue weighted by Gasteiger charge is -2.33. The van der Waals surface area contributed by atoms with Gasteiger partial charge in [-0.05, 0) is 45.7 Å². The van der Waals surface area contributed by atoms with Crippen LogP contribution in [0.2, 0.25) is 0 Å². The second-order valence-corrected chi connectivity index (χ2v) is 7.15. The van der Waals surface area contributed by atoms with Crippen molar-refractivity contribution in [1.82, 2.24) is 10.2 Å². The molecule has 1 aliphatic heterocycles. The summed E-state index contributed by atoms with van der Waals surface area (Å²) in [6.45, 7) is 6.91. The van der Waals surface area contributed by atoms with Gasteiger partial charge >= 0.3 is 6.09 Å². The minimum Gasteiger partial charge on any atom is -0.444 e. The van der Waals surface area contributed by atoms with Crippen LogP contribution in [0.4, 0.5) is 14.9 Å². The largest absolute Gasteiger partial charge is 0.444 e. The number of likely N-dealkylation sites (tertiary alicyclic amines) is 1. The molecule has 1 aliphatic rings. The van der Waals surface area contributed by atoms with Crippen LogP contribution in [0, 0.1) is 15.9 Å². The van der Waals surface area contributed by atoms with E-state index in [4.69, 9.17) is 4.74 Å². The van der Waals surface area contributed by atoms with Gasteiger partial charge in [-0.15, -0.1) is 0 Å². The fourth-order valence-electron chi connectivity index (χ4n) is 2.70. The fourth-order valence-corrected chi connectivity index (χ4v) is 2.70. The standard InChI is InChI=1S/C17H24FN3O4/c1-17(2,3)25-16(22)20-8-6-14(7-9-20)19-11-12-4-5-13(18)10-15(12)21(23)24/h4-5,10,14,19H,6-9,11H2,1-3H3. The van der Waals surface area contributed by atoms with Gasteiger partial charge in [0.15, 0.2) is 0 Å². The molecule has 0 spiro atoms. The molecule has 1 N–H and O–H groups in total. The summed E-state index contributed by atoms with van der Waals surface area (Å²) in [4.78, 5) is 24.1. The first-order chi connectivity index (χ1) is 11.7. The zero-order valence-electron chi connectivity index (χ0n) is 14.8. The molecule has 1 fully saturated rings. The summed E-state index contributed by atoms with van der Waals surface area (Å²) >= 11 is 0. The lowest BCUT2D eigenvalue weighted by molar-refractivity contribution is -0.385. The molecule has 25 heavy (non-hydrogen) atoms. The summed E-state index contributed by atoms with van der Waals surface area (Å²) in [6, 6.07) is 3.72. The van der Waals surface area contributed by atoms with E-state index in [0.29, 0.717) is 18.7 Å². The summed E-state index contributed by atoms with van der Waals surface area (Å²) in [5.74, 6) is -0.624. The van der Waals surface area contributed by atoms with Gasteiger partial charge in [-0.3, -0.25) is 10.1 Å². The number of carbonyl (C=O) groups is 1. The number of nitro groups is 1. The number of ether oxygens (including phenoxy) is 1. The molecule has 1 aromatic rings. The Bertz CT molecular complexity index is 637. The van der Waals surface area contributed by atoms with Crippen molar-refractivity contribution in [2.75, 3.05) is 13.1 Å². The Hall–Kier alpha value is -2.22. The van der Waals surface area contributed by atoms with Gasteiger partial charge in [-0.25, -0.2) is 9.18 Å². The number of carbonyl (C=O) groups excluding carboxylic acids is 1. The highest BCUT2D eigenvalue weighted by Gasteiger charge is 2.27. The molecule has 0 saturated carbocycles. The fraction of sp³-hybridized carbons (Fsp3) is 0.588. The molecule has 1 heterocycles. The molecule has 0 atom stereocenters. The maximum atomic E-state index is 13.2. The smallest absolute Gasteiger partial charge is 0.410 e. The summed E-state index contributed by atoms with van der Waals surface area (Å²) in [5, 5.41) is 14.3. The van der Waals surface area contributed by atoms with E-state index >= 15 is 0 Å². The van der Waals surface area contributed by atoms with E-state index in [0.717, 1.165) is 18.9 Å². The van der Waals surface area contributed by atoms with E-state index in [1.807, 2.05) is 20.8 Å². The Morgan fingerprint density at radius 1 is 1.40 bits per heavy atom. The molecule has 8 heteroatoms. The van der Waals surface area contributed by atoms with Gasteiger partial charge in [-0.1, -0.05) is 0 Å². The maximum absolute atomic E-state index is 13.2. The van der Waals surface area contributed by atoms with Crippen molar-refractivity contribution < 1.29 is 18.8 Å². The number of rotatable bonds is 4. The summed E-state index contributed by atoms with van der Waals surface area (Å²) < 4.78 is 18.5. The molecule has 138 valence electrons. The molecule has 2 rings (SSSR count). The lowest BCUT2D eigenvalue weighted by Crippen LogP contribution is -2.46. The summed E-state index contributed by atoms with van der Waals surface area (Å²) in [5.41, 5.74) is -0.298. The number of halogens is 1. The maximum Gasteiger partial charge on any atom is 0.410 e. The van der Waals surface area contributed by atoms with Crippen LogP contribution in [0.25, 0.3) is 0 Å². The predicted molar refractivity (Wildman–Crippen MR) is 90.7 cm³/mol. The number of hydrogen-bond donors (Lipinski definition) is 1. The number of piperidine rings is 1. The van der Waals surface area contributed by atoms with Gasteiger partial charge in [0.25, 0.3) is 5.69 Å². The molecule has 0 bridgehead atoms. The van der Waals surface area contributed by atoms with Crippen LogP contribution >= 0.6 is 0 Å². The number of nitrogens with zero attached hydrogens (tertiary/aromatic N) is 2. The molecular weight excluding hydrogens is 329 g/mol. The topological polar surface area (TPSA) is 84.7 Å². The normalized spacial score (nSPS) is 15.9. The van der Waals surface area contributed by atoms with Crippen molar-refractivity contribution in [1.29, 1.82) is 0 Å². The number of nitro benzene ring substituents is 1. The molecule has 1 saturated heterocycles. The highest BCUT2D eigenvalue weighted by molar-refractivity contribution is 5.68. The number of hydrogen-bond acceptors (Lipinski definition) is 5. The van der Waals surface area contributed by atoms with Gasteiger partial charge in [0, 0.05) is 31.2 Å². The zero-order chi connectivity index (χ0) is 18.6. The average Bonchev–Trinajstić information content (AvgIpc) is 2.52. The van der Waals surface area contributed by atoms with Crippen LogP contribution in [0.1, 0.15) is 39.2 Å². The quantitative estimate of drug-likeness (QED) is 0.663. The Balaban J connectivity index is 1.85. The molecule has 0 aliphatic carbocycles. The third-order valence-electron chi connectivity index (χ3n) is 3.97. The zero-order valence-corrected chi connectivity index (χ0v) is 14.8. The first kappa shape index (κ1) is 19.1. The van der Waals surface area contributed by atoms with Crippen molar-refractivity contribution in [3.8, 4) is 0 Å². The minimum atomic E-state index is -0.624. The van der Waals surface area contributed by atoms with Crippen molar-refractivity contribution in [3.63, 3.8) is 0 Å². The van der Waals surface area contributed by atoms with Crippen LogP contribution < -0.4 is 5.32 Å². The van der Waals surface area contributed by atoms with Gasteiger partial charge < -0.3 is 15.0 Å². The Labute approximate surface area is 146 Å². The molecule has 7 nitrogen and oxygen atoms in total. The SMILES string of the molecule is CC(C)(C)OC(=O)N1CCC(NCc2ccc(F)cc2[N+](=O)[O-])CC1. The van der Waals surface area contributed by atoms with E-state index in [2.05, 4.69) is 5.32 Å². The van der Waals surface area contributed by atoms with Crippen LogP contribution in [0.15, 0.2) is 18.2 Å². The molecular formula is C17H24FN3O4. The molecule has 1 amide bonds. The lowest BCUT2D eigenvalue weighted by atomic mass is 10.0. The number of nitrogens with one attached hydrogen (secondary N) is 1. The van der Waals surface area contributed by atoms with Crippen molar-refractivity contribution in [2.45, 2.75) is 51.8 Å². The van der Waals surface area contributed by atoms with Crippen LogP contribution in [0.5, 0.6) is 0 Å². The van der Waals surface area contributed by atoms with E-state index in [9.17, 15) is 19.3 Å². The van der Waals surface area contributed by atoms with E-state index in [1.165, 1.54) is 12.1 Å². The van der Waals surface area contributed by atoms with E-state index in [1.54, 1.807) is 4.90 Å². The third kappa shape index (κ3) is 5.67. The first-order valence-corrected chi connectivity index (χ1v) is 8.30. The van der Waals surface area contributed by atoms with E-state index < -0.39 is 16.3 Å². The highest BCUT2D eigenvalue weighted by Crippen LogP contribution is 2.21. The highest BCUT2D eigenvalue weighted by atomic mass is 19.1. The molecule has 0 radical (unpaired) electrons. The van der Waals surface area contributed by atoms with Crippen LogP contribution in [-0.4, -0.2) is 40.6 Å². The van der Waals surface area contributed by atoms with Gasteiger partial charge in [-0.2, -0.15) is 0 Å². The predicted octanol–water partition coefficient (Wildman–Crippen LogP) is 3.22. The van der Waals surface area contributed by atoms with Gasteiger partial charge in [0.2, 0.25) is 0 Å². The number of amides is 1. The third-order valence-corrected chi connectivity index (χ3v) is 3.97. The average molecular weight is 353 g/mol. The van der Waals surface area contributed by atoms with E-state index in [-0.39, 0.29) is 24.4 Å². The van der Waals surface area contributed by atoms with Crippen molar-refractivity contribution in [3.05, 3.63) is 39.7 Å². The summed E-state index contributed by atoms with van der Waals surface area (Å²) in [7, 11) is 0. The molecule has 0 unspecified atom stereocenters. The summed E-state index contributed by atoms with van der Waals surface area (Å²) in [6.07, 6.45) is 1.14. The van der Waals surface area contributed by atoms with Crippen LogP contribution in [0.3, 0.4) is 0 Å². The van der Waals surface area contributed by atoms with Gasteiger partial charge in [0.1, 0.15) is 11.4 Å². The van der Waals surface area contributed by atoms with Gasteiger partial charge in [0.05, 0.1) is 11.0 Å². The monoisotopic (exact) mass is 353 g/mol. The van der Waals surface area contributed by atoms with Crippen molar-refractivity contribution >= 4 is 11.8 Å². The first-order valence-electron chi connectivity index (χ1n) is 8.30. The van der Waals surface area contributed by atoms with Crippen LogP contribution in [-0.2, 0) is 11.3 Å². The second-order valence-electron chi connectivity index (χ2n) is 7.15. The Morgan fingerprint density at radius 2 is 2.04 bits per heavy atom. The second kappa shape index (κ2) is 7.77. The minimum absolute atomic E-state index is 0.142. The Kier molecular flexibility index (Phi) is 5.94. The molecule has 1 aromatic carbocycles.